The predicted octanol–water partition coefficient (Wildman–Crippen LogP) is 2.76. The lowest BCUT2D eigenvalue weighted by molar-refractivity contribution is 0.210. The van der Waals surface area contributed by atoms with Crippen LogP contribution in [0.5, 0.6) is 5.75 Å². The first-order valence-corrected chi connectivity index (χ1v) is 6.79. The van der Waals surface area contributed by atoms with Crippen LogP contribution in [0, 0.1) is 6.92 Å². The van der Waals surface area contributed by atoms with E-state index >= 15 is 0 Å². The largest absolute Gasteiger partial charge is 0.410 e. The van der Waals surface area contributed by atoms with Crippen molar-refractivity contribution < 1.29 is 9.53 Å². The molecule has 108 valence electrons. The zero-order chi connectivity index (χ0) is 14.4. The van der Waals surface area contributed by atoms with Crippen molar-refractivity contribution >= 4 is 11.9 Å². The Balaban J connectivity index is 2.69. The molecule has 6 heteroatoms. The van der Waals surface area contributed by atoms with Gasteiger partial charge in [-0.15, -0.1) is 0 Å². The number of carbonyl (C=O) groups excluding carboxylic acids is 1. The number of hydrogen-bond donors (Lipinski definition) is 2. The van der Waals surface area contributed by atoms with E-state index < -0.39 is 6.09 Å². The van der Waals surface area contributed by atoms with Crippen LogP contribution in [0.15, 0.2) is 0 Å². The van der Waals surface area contributed by atoms with E-state index in [-0.39, 0.29) is 11.8 Å². The monoisotopic (exact) mass is 268 g/mol. The van der Waals surface area contributed by atoms with E-state index in [1.807, 2.05) is 0 Å². The summed E-state index contributed by atoms with van der Waals surface area (Å²) in [6, 6.07) is 0.181. The zero-order valence-corrected chi connectivity index (χ0v) is 12.0. The summed E-state index contributed by atoms with van der Waals surface area (Å²) in [6.07, 6.45) is 4.95. The molecule has 1 unspecified atom stereocenters. The van der Waals surface area contributed by atoms with Crippen molar-refractivity contribution in [2.75, 3.05) is 5.73 Å². The molecule has 4 N–H and O–H groups in total. The number of nitrogen functional groups attached to an aromatic ring is 1. The maximum absolute atomic E-state index is 10.8. The summed E-state index contributed by atoms with van der Waals surface area (Å²) in [5, 5.41) is 4.32. The highest BCUT2D eigenvalue weighted by Crippen LogP contribution is 2.29. The van der Waals surface area contributed by atoms with Crippen molar-refractivity contribution in [2.24, 2.45) is 5.73 Å². The topological polar surface area (TPSA) is 96.2 Å². The average Bonchev–Trinajstić information content (AvgIpc) is 2.62. The van der Waals surface area contributed by atoms with E-state index in [1.54, 1.807) is 11.6 Å². The summed E-state index contributed by atoms with van der Waals surface area (Å²) < 4.78 is 6.59. The van der Waals surface area contributed by atoms with Gasteiger partial charge in [0.2, 0.25) is 0 Å². The van der Waals surface area contributed by atoms with Crippen LogP contribution in [0.25, 0.3) is 0 Å². The number of unbranched alkanes of at least 4 members (excludes halogenated alkanes) is 3. The standard InChI is InChI=1S/C13H24N4O2/c1-4-5-6-7-8-9(2)17-12(14)11(10(3)16-17)19-13(15)18/h9H,4-8,14H2,1-3H3,(H2,15,18). The van der Waals surface area contributed by atoms with Crippen molar-refractivity contribution in [1.82, 2.24) is 9.78 Å². The maximum Gasteiger partial charge on any atom is 0.410 e. The summed E-state index contributed by atoms with van der Waals surface area (Å²) in [5.74, 6) is 0.632. The van der Waals surface area contributed by atoms with Crippen LogP contribution in [-0.4, -0.2) is 15.9 Å². The second-order valence-corrected chi connectivity index (χ2v) is 4.86. The molecule has 1 aromatic rings. The van der Waals surface area contributed by atoms with E-state index in [2.05, 4.69) is 18.9 Å². The molecule has 1 atom stereocenters. The van der Waals surface area contributed by atoms with Gasteiger partial charge >= 0.3 is 6.09 Å². The number of primary amides is 1. The number of nitrogens with two attached hydrogens (primary N) is 2. The Bertz CT molecular complexity index is 429. The second-order valence-electron chi connectivity index (χ2n) is 4.86. The van der Waals surface area contributed by atoms with Gasteiger partial charge in [0.05, 0.1) is 6.04 Å². The molecule has 0 aliphatic rings. The van der Waals surface area contributed by atoms with Crippen LogP contribution in [0.3, 0.4) is 0 Å². The molecule has 0 aliphatic heterocycles. The second kappa shape index (κ2) is 7.01. The number of rotatable bonds is 7. The number of anilines is 1. The molecular weight excluding hydrogens is 244 g/mol. The number of carbonyl (C=O) groups is 1. The smallest absolute Gasteiger partial charge is 0.405 e. The Kier molecular flexibility index (Phi) is 5.66. The third kappa shape index (κ3) is 4.15. The first kappa shape index (κ1) is 15.3. The van der Waals surface area contributed by atoms with Gasteiger partial charge in [0.1, 0.15) is 5.69 Å². The first-order valence-electron chi connectivity index (χ1n) is 6.79. The fraction of sp³-hybridized carbons (Fsp3) is 0.692. The number of aromatic nitrogens is 2. The molecule has 0 saturated carbocycles. The van der Waals surface area contributed by atoms with E-state index in [4.69, 9.17) is 16.2 Å². The van der Waals surface area contributed by atoms with Crippen LogP contribution >= 0.6 is 0 Å². The lowest BCUT2D eigenvalue weighted by Crippen LogP contribution is -2.17. The number of nitrogens with zero attached hydrogens (tertiary/aromatic N) is 2. The van der Waals surface area contributed by atoms with Crippen molar-refractivity contribution in [3.8, 4) is 5.75 Å². The molecule has 19 heavy (non-hydrogen) atoms. The highest BCUT2D eigenvalue weighted by molar-refractivity contribution is 5.70. The van der Waals surface area contributed by atoms with Crippen LogP contribution < -0.4 is 16.2 Å². The fourth-order valence-electron chi connectivity index (χ4n) is 2.10. The molecule has 0 bridgehead atoms. The van der Waals surface area contributed by atoms with Gasteiger partial charge in [-0.25, -0.2) is 9.48 Å². The summed E-state index contributed by atoms with van der Waals surface area (Å²) in [7, 11) is 0. The highest BCUT2D eigenvalue weighted by Gasteiger charge is 2.19. The van der Waals surface area contributed by atoms with Crippen molar-refractivity contribution in [1.29, 1.82) is 0 Å². The molecule has 0 saturated heterocycles. The molecule has 0 aliphatic carbocycles. The molecule has 0 fully saturated rings. The van der Waals surface area contributed by atoms with Gasteiger partial charge in [0.15, 0.2) is 11.6 Å². The normalized spacial score (nSPS) is 12.4. The third-order valence-electron chi connectivity index (χ3n) is 3.16. The molecule has 0 radical (unpaired) electrons. The van der Waals surface area contributed by atoms with Crippen LogP contribution in [-0.2, 0) is 0 Å². The van der Waals surface area contributed by atoms with Crippen LogP contribution in [0.1, 0.15) is 57.7 Å². The molecule has 1 rings (SSSR count). The third-order valence-corrected chi connectivity index (χ3v) is 3.16. The lowest BCUT2D eigenvalue weighted by Gasteiger charge is -2.13. The fourth-order valence-corrected chi connectivity index (χ4v) is 2.10. The number of hydrogen-bond acceptors (Lipinski definition) is 4. The molecule has 0 spiro atoms. The van der Waals surface area contributed by atoms with E-state index in [0.717, 1.165) is 12.8 Å². The molecule has 1 aromatic heterocycles. The summed E-state index contributed by atoms with van der Waals surface area (Å²) in [6.45, 7) is 5.99. The Morgan fingerprint density at radius 3 is 2.68 bits per heavy atom. The summed E-state index contributed by atoms with van der Waals surface area (Å²) in [4.78, 5) is 10.8. The molecule has 0 aromatic carbocycles. The van der Waals surface area contributed by atoms with Gasteiger partial charge < -0.3 is 16.2 Å². The molecule has 1 amide bonds. The summed E-state index contributed by atoms with van der Waals surface area (Å²) in [5.41, 5.74) is 11.5. The van der Waals surface area contributed by atoms with Gasteiger partial charge in [0.25, 0.3) is 0 Å². The molecular formula is C13H24N4O2. The summed E-state index contributed by atoms with van der Waals surface area (Å²) >= 11 is 0. The van der Waals surface area contributed by atoms with Crippen LogP contribution in [0.4, 0.5) is 10.6 Å². The van der Waals surface area contributed by atoms with E-state index in [1.165, 1.54) is 19.3 Å². The SMILES string of the molecule is CCCCCCC(C)n1nc(C)c(OC(N)=O)c1N. The Morgan fingerprint density at radius 2 is 2.11 bits per heavy atom. The van der Waals surface area contributed by atoms with Gasteiger partial charge in [-0.05, 0) is 20.3 Å². The number of aryl methyl sites for hydroxylation is 1. The van der Waals surface area contributed by atoms with Crippen molar-refractivity contribution in [3.05, 3.63) is 5.69 Å². The lowest BCUT2D eigenvalue weighted by atomic mass is 10.1. The quantitative estimate of drug-likeness (QED) is 0.743. The van der Waals surface area contributed by atoms with Crippen LogP contribution in [0.2, 0.25) is 0 Å². The van der Waals surface area contributed by atoms with Gasteiger partial charge in [-0.2, -0.15) is 5.10 Å². The Morgan fingerprint density at radius 1 is 1.42 bits per heavy atom. The zero-order valence-electron chi connectivity index (χ0n) is 12.0. The minimum Gasteiger partial charge on any atom is -0.405 e. The van der Waals surface area contributed by atoms with Crippen molar-refractivity contribution in [2.45, 2.75) is 58.9 Å². The first-order chi connectivity index (χ1) is 8.97. The predicted molar refractivity (Wildman–Crippen MR) is 75.1 cm³/mol. The Labute approximate surface area is 114 Å². The minimum absolute atomic E-state index is 0.181. The Hall–Kier alpha value is -1.72. The number of amides is 1. The minimum atomic E-state index is -0.870. The highest BCUT2D eigenvalue weighted by atomic mass is 16.5. The van der Waals surface area contributed by atoms with Gasteiger partial charge in [0, 0.05) is 0 Å². The molecule has 1 heterocycles. The molecule has 6 nitrogen and oxygen atoms in total. The van der Waals surface area contributed by atoms with E-state index in [9.17, 15) is 4.79 Å². The van der Waals surface area contributed by atoms with Crippen molar-refractivity contribution in [3.63, 3.8) is 0 Å². The van der Waals surface area contributed by atoms with E-state index in [0.29, 0.717) is 11.5 Å². The maximum atomic E-state index is 10.8. The van der Waals surface area contributed by atoms with Gasteiger partial charge in [-0.1, -0.05) is 32.6 Å². The average molecular weight is 268 g/mol. The van der Waals surface area contributed by atoms with Gasteiger partial charge in [-0.3, -0.25) is 0 Å². The number of ether oxygens (including phenoxy) is 1.